The van der Waals surface area contributed by atoms with Crippen LogP contribution in [0.15, 0.2) is 11.6 Å². The van der Waals surface area contributed by atoms with Gasteiger partial charge in [0.1, 0.15) is 12.2 Å². The van der Waals surface area contributed by atoms with Crippen molar-refractivity contribution in [1.82, 2.24) is 4.98 Å². The lowest BCUT2D eigenvalue weighted by Crippen LogP contribution is -2.20. The molecule has 1 heterocycles. The van der Waals surface area contributed by atoms with E-state index in [2.05, 4.69) is 4.98 Å². The number of esters is 1. The molecule has 0 radical (unpaired) electrons. The Bertz CT molecular complexity index is 284. The van der Waals surface area contributed by atoms with E-state index in [1.807, 2.05) is 0 Å². The molecule has 1 unspecified atom stereocenters. The molecule has 0 saturated carbocycles. The molecular weight excluding hydrogens is 190 g/mol. The molecule has 0 aliphatic carbocycles. The molecule has 0 aromatic carbocycles. The van der Waals surface area contributed by atoms with Crippen LogP contribution in [0.3, 0.4) is 0 Å². The molecule has 0 amide bonds. The number of aldehydes is 1. The van der Waals surface area contributed by atoms with E-state index in [1.54, 1.807) is 12.3 Å². The van der Waals surface area contributed by atoms with Crippen molar-refractivity contribution in [2.45, 2.75) is 13.3 Å². The Morgan fingerprint density at radius 1 is 1.85 bits per heavy atom. The van der Waals surface area contributed by atoms with Crippen LogP contribution in [0.25, 0.3) is 0 Å². The molecule has 5 heteroatoms. The molecule has 1 aromatic rings. The summed E-state index contributed by atoms with van der Waals surface area (Å²) in [7, 11) is 0. The highest BCUT2D eigenvalue weighted by Gasteiger charge is 2.18. The first-order chi connectivity index (χ1) is 6.27. The first-order valence-corrected chi connectivity index (χ1v) is 4.72. The van der Waals surface area contributed by atoms with Gasteiger partial charge in [-0.15, -0.1) is 0 Å². The van der Waals surface area contributed by atoms with Crippen molar-refractivity contribution < 1.29 is 14.3 Å². The van der Waals surface area contributed by atoms with E-state index in [0.717, 1.165) is 0 Å². The quantitative estimate of drug-likeness (QED) is 0.416. The van der Waals surface area contributed by atoms with Crippen LogP contribution in [0.5, 0.6) is 5.19 Å². The molecule has 13 heavy (non-hydrogen) atoms. The summed E-state index contributed by atoms with van der Waals surface area (Å²) < 4.78 is 4.84. The molecule has 0 N–H and O–H groups in total. The minimum Gasteiger partial charge on any atom is -0.397 e. The summed E-state index contributed by atoms with van der Waals surface area (Å²) in [6.45, 7) is 1.75. The highest BCUT2D eigenvalue weighted by atomic mass is 32.1. The van der Waals surface area contributed by atoms with E-state index >= 15 is 0 Å². The van der Waals surface area contributed by atoms with E-state index in [-0.39, 0.29) is 5.19 Å². The van der Waals surface area contributed by atoms with E-state index in [9.17, 15) is 9.59 Å². The number of carbonyl (C=O) groups is 2. The smallest absolute Gasteiger partial charge is 0.323 e. The van der Waals surface area contributed by atoms with Crippen molar-refractivity contribution in [3.63, 3.8) is 0 Å². The molecule has 0 fully saturated rings. The van der Waals surface area contributed by atoms with Crippen LogP contribution in [-0.4, -0.2) is 17.2 Å². The van der Waals surface area contributed by atoms with E-state index < -0.39 is 11.9 Å². The maximum atomic E-state index is 11.2. The van der Waals surface area contributed by atoms with E-state index in [1.165, 1.54) is 17.5 Å². The highest BCUT2D eigenvalue weighted by molar-refractivity contribution is 7.11. The summed E-state index contributed by atoms with van der Waals surface area (Å²) in [6.07, 6.45) is 2.58. The predicted octanol–water partition coefficient (Wildman–Crippen LogP) is 1.27. The second-order valence-corrected chi connectivity index (χ2v) is 3.23. The lowest BCUT2D eigenvalue weighted by Gasteiger charge is -2.03. The van der Waals surface area contributed by atoms with Gasteiger partial charge in [0.25, 0.3) is 5.19 Å². The van der Waals surface area contributed by atoms with Gasteiger partial charge < -0.3 is 9.53 Å². The fourth-order valence-corrected chi connectivity index (χ4v) is 1.23. The summed E-state index contributed by atoms with van der Waals surface area (Å²) in [5, 5.41) is 1.98. The SMILES string of the molecule is CCC(C=O)C(=O)Oc1nccs1. The number of ether oxygens (including phenoxy) is 1. The molecule has 0 spiro atoms. The zero-order chi connectivity index (χ0) is 9.68. The normalized spacial score (nSPS) is 12.1. The van der Waals surface area contributed by atoms with Crippen molar-refractivity contribution in [2.75, 3.05) is 0 Å². The molecule has 0 aliphatic heterocycles. The van der Waals surface area contributed by atoms with Crippen LogP contribution in [0.4, 0.5) is 0 Å². The molecule has 1 aromatic heterocycles. The summed E-state index contributed by atoms with van der Waals surface area (Å²) in [5.74, 6) is -1.21. The second kappa shape index (κ2) is 4.71. The average molecular weight is 199 g/mol. The minimum atomic E-state index is -0.677. The van der Waals surface area contributed by atoms with Gasteiger partial charge in [0.05, 0.1) is 0 Å². The van der Waals surface area contributed by atoms with Crippen LogP contribution in [-0.2, 0) is 9.59 Å². The van der Waals surface area contributed by atoms with Crippen molar-refractivity contribution >= 4 is 23.6 Å². The Kier molecular flexibility index (Phi) is 3.57. The third-order valence-corrected chi connectivity index (χ3v) is 2.15. The number of thiazole rings is 1. The molecule has 70 valence electrons. The third-order valence-electron chi connectivity index (χ3n) is 1.50. The van der Waals surface area contributed by atoms with Crippen molar-refractivity contribution in [1.29, 1.82) is 0 Å². The molecule has 0 saturated heterocycles. The maximum absolute atomic E-state index is 11.2. The maximum Gasteiger partial charge on any atom is 0.323 e. The lowest BCUT2D eigenvalue weighted by molar-refractivity contribution is -0.141. The first-order valence-electron chi connectivity index (χ1n) is 3.84. The number of rotatable bonds is 4. The first kappa shape index (κ1) is 9.85. The van der Waals surface area contributed by atoms with Gasteiger partial charge in [0.2, 0.25) is 0 Å². The Morgan fingerprint density at radius 2 is 2.62 bits per heavy atom. The Labute approximate surface area is 79.6 Å². The van der Waals surface area contributed by atoms with Gasteiger partial charge in [0.15, 0.2) is 0 Å². The third kappa shape index (κ3) is 2.62. The molecular formula is C8H9NO3S. The highest BCUT2D eigenvalue weighted by Crippen LogP contribution is 2.15. The summed E-state index contributed by atoms with van der Waals surface area (Å²) in [5.41, 5.74) is 0. The Balaban J connectivity index is 2.54. The standard InChI is InChI=1S/C8H9NO3S/c1-2-6(5-10)7(11)12-8-9-3-4-13-8/h3-6H,2H2,1H3. The minimum absolute atomic E-state index is 0.283. The van der Waals surface area contributed by atoms with Gasteiger partial charge in [-0.1, -0.05) is 18.3 Å². The van der Waals surface area contributed by atoms with E-state index in [4.69, 9.17) is 4.74 Å². The van der Waals surface area contributed by atoms with Crippen LogP contribution in [0, 0.1) is 5.92 Å². The van der Waals surface area contributed by atoms with Gasteiger partial charge in [-0.25, -0.2) is 4.98 Å². The van der Waals surface area contributed by atoms with E-state index in [0.29, 0.717) is 12.7 Å². The van der Waals surface area contributed by atoms with Gasteiger partial charge in [0, 0.05) is 11.6 Å². The van der Waals surface area contributed by atoms with Gasteiger partial charge in [-0.05, 0) is 6.42 Å². The second-order valence-electron chi connectivity index (χ2n) is 2.37. The van der Waals surface area contributed by atoms with Crippen molar-refractivity contribution in [3.05, 3.63) is 11.6 Å². The van der Waals surface area contributed by atoms with Crippen LogP contribution in [0.1, 0.15) is 13.3 Å². The predicted molar refractivity (Wildman–Crippen MR) is 47.6 cm³/mol. The van der Waals surface area contributed by atoms with Gasteiger partial charge >= 0.3 is 5.97 Å². The molecule has 1 rings (SSSR count). The Morgan fingerprint density at radius 3 is 3.08 bits per heavy atom. The number of hydrogen-bond acceptors (Lipinski definition) is 5. The van der Waals surface area contributed by atoms with Gasteiger partial charge in [-0.2, -0.15) is 0 Å². The summed E-state index contributed by atoms with van der Waals surface area (Å²) in [4.78, 5) is 25.3. The molecule has 0 aliphatic rings. The molecule has 1 atom stereocenters. The monoisotopic (exact) mass is 199 g/mol. The number of aromatic nitrogens is 1. The fourth-order valence-electron chi connectivity index (χ4n) is 0.741. The Hall–Kier alpha value is -1.23. The zero-order valence-corrected chi connectivity index (χ0v) is 7.91. The average Bonchev–Trinajstić information content (AvgIpc) is 2.59. The van der Waals surface area contributed by atoms with Gasteiger partial charge in [-0.3, -0.25) is 4.79 Å². The lowest BCUT2D eigenvalue weighted by atomic mass is 10.1. The van der Waals surface area contributed by atoms with Crippen molar-refractivity contribution in [3.8, 4) is 5.19 Å². The molecule has 4 nitrogen and oxygen atoms in total. The topological polar surface area (TPSA) is 56.3 Å². The number of nitrogens with zero attached hydrogens (tertiary/aromatic N) is 1. The number of hydrogen-bond donors (Lipinski definition) is 0. The zero-order valence-electron chi connectivity index (χ0n) is 7.10. The largest absolute Gasteiger partial charge is 0.397 e. The van der Waals surface area contributed by atoms with Crippen LogP contribution >= 0.6 is 11.3 Å². The fraction of sp³-hybridized carbons (Fsp3) is 0.375. The van der Waals surface area contributed by atoms with Crippen molar-refractivity contribution in [2.24, 2.45) is 5.92 Å². The molecule has 0 bridgehead atoms. The number of carbonyl (C=O) groups excluding carboxylic acids is 2. The van der Waals surface area contributed by atoms with Crippen LogP contribution in [0.2, 0.25) is 0 Å². The van der Waals surface area contributed by atoms with Crippen LogP contribution < -0.4 is 4.74 Å². The summed E-state index contributed by atoms with van der Waals surface area (Å²) in [6, 6.07) is 0. The summed E-state index contributed by atoms with van der Waals surface area (Å²) >= 11 is 1.22.